The molecule has 0 aromatic carbocycles. The predicted octanol–water partition coefficient (Wildman–Crippen LogP) is 4.35. The first kappa shape index (κ1) is 20.5. The van der Waals surface area contributed by atoms with Gasteiger partial charge in [0, 0.05) is 34.5 Å². The highest BCUT2D eigenvalue weighted by Gasteiger charge is 2.17. The van der Waals surface area contributed by atoms with E-state index in [1.165, 1.54) is 22.3 Å². The monoisotopic (exact) mass is 422 g/mol. The quantitative estimate of drug-likeness (QED) is 0.605. The van der Waals surface area contributed by atoms with Crippen molar-refractivity contribution in [3.05, 3.63) is 69.6 Å². The van der Waals surface area contributed by atoms with Gasteiger partial charge in [0.15, 0.2) is 0 Å². The molecular formula is C20H26N2S4. The van der Waals surface area contributed by atoms with Gasteiger partial charge in [-0.15, -0.1) is 23.5 Å². The van der Waals surface area contributed by atoms with Crippen molar-refractivity contribution in [2.75, 3.05) is 34.5 Å². The Hall–Kier alpha value is -0.240. The van der Waals surface area contributed by atoms with Gasteiger partial charge in [-0.2, -0.15) is 23.5 Å². The van der Waals surface area contributed by atoms with Crippen molar-refractivity contribution in [3.63, 3.8) is 0 Å². The van der Waals surface area contributed by atoms with E-state index < -0.39 is 0 Å². The van der Waals surface area contributed by atoms with Crippen molar-refractivity contribution in [2.45, 2.75) is 12.1 Å². The van der Waals surface area contributed by atoms with Crippen LogP contribution in [0.1, 0.15) is 0 Å². The Balaban J connectivity index is 1.65. The normalized spacial score (nSPS) is 28.2. The molecule has 2 aliphatic carbocycles. The fourth-order valence-electron chi connectivity index (χ4n) is 2.81. The summed E-state index contributed by atoms with van der Waals surface area (Å²) in [7, 11) is 0. The minimum Gasteiger partial charge on any atom is -0.320 e. The number of hydrogen-bond acceptors (Lipinski definition) is 6. The summed E-state index contributed by atoms with van der Waals surface area (Å²) >= 11 is 7.66. The summed E-state index contributed by atoms with van der Waals surface area (Å²) in [5.74, 6) is 6.44. The average molecular weight is 423 g/mol. The second-order valence-electron chi connectivity index (χ2n) is 6.24. The maximum atomic E-state index is 6.45. The van der Waals surface area contributed by atoms with Gasteiger partial charge in [0.25, 0.3) is 0 Å². The molecule has 6 heteroatoms. The number of hydrogen-bond donors (Lipinski definition) is 2. The Morgan fingerprint density at radius 1 is 0.692 bits per heavy atom. The molecule has 26 heavy (non-hydrogen) atoms. The van der Waals surface area contributed by atoms with Crippen molar-refractivity contribution < 1.29 is 0 Å². The summed E-state index contributed by atoms with van der Waals surface area (Å²) in [4.78, 5) is 0. The SMILES string of the molecule is NC1C2=CSCCSCC3=CC=CC(=CSCCSCC1=CC=C2)C3N. The van der Waals surface area contributed by atoms with Gasteiger partial charge in [-0.3, -0.25) is 0 Å². The standard InChI is InChI=1S/C20H26N2S4/c21-19-15-3-1-4-16(19)12-24-8-10-26-14-18-6-2-5-17(20(18)22)13-25-9-7-23-11-15/h1-6,11,14,19-20H,7-10,12-13,21-22H2. The zero-order valence-corrected chi connectivity index (χ0v) is 18.1. The summed E-state index contributed by atoms with van der Waals surface area (Å²) in [6, 6.07) is 0.0999. The van der Waals surface area contributed by atoms with Crippen molar-refractivity contribution in [2.24, 2.45) is 11.5 Å². The number of rotatable bonds is 0. The van der Waals surface area contributed by atoms with Crippen LogP contribution < -0.4 is 11.5 Å². The number of fused-ring (bicyclic) bond motifs is 4. The molecule has 2 atom stereocenters. The smallest absolute Gasteiger partial charge is 0.0527 e. The minimum atomic E-state index is 0.0500. The van der Waals surface area contributed by atoms with Crippen LogP contribution in [0.25, 0.3) is 0 Å². The van der Waals surface area contributed by atoms with Crippen LogP contribution in [0.2, 0.25) is 0 Å². The fourth-order valence-corrected chi connectivity index (χ4v) is 6.91. The maximum absolute atomic E-state index is 6.45. The Bertz CT molecular complexity index is 615. The molecule has 2 unspecified atom stereocenters. The summed E-state index contributed by atoms with van der Waals surface area (Å²) in [6.07, 6.45) is 12.9. The van der Waals surface area contributed by atoms with Gasteiger partial charge >= 0.3 is 0 Å². The van der Waals surface area contributed by atoms with Crippen molar-refractivity contribution >= 4 is 47.0 Å². The molecule has 0 aromatic rings. The summed E-state index contributed by atoms with van der Waals surface area (Å²) in [5, 5.41) is 4.49. The highest BCUT2D eigenvalue weighted by Crippen LogP contribution is 2.26. The van der Waals surface area contributed by atoms with Crippen LogP contribution in [-0.2, 0) is 0 Å². The Morgan fingerprint density at radius 3 is 1.62 bits per heavy atom. The van der Waals surface area contributed by atoms with E-state index in [1.807, 2.05) is 47.0 Å². The van der Waals surface area contributed by atoms with E-state index in [0.29, 0.717) is 0 Å². The molecule has 0 saturated carbocycles. The molecule has 0 aromatic heterocycles. The lowest BCUT2D eigenvalue weighted by atomic mass is 9.97. The van der Waals surface area contributed by atoms with Gasteiger partial charge in [-0.05, 0) is 33.1 Å². The summed E-state index contributed by atoms with van der Waals surface area (Å²) < 4.78 is 0. The first-order valence-corrected chi connectivity index (χ1v) is 13.2. The van der Waals surface area contributed by atoms with Crippen LogP contribution in [0.5, 0.6) is 0 Å². The lowest BCUT2D eigenvalue weighted by molar-refractivity contribution is 0.907. The molecule has 3 rings (SSSR count). The van der Waals surface area contributed by atoms with E-state index in [-0.39, 0.29) is 12.1 Å². The van der Waals surface area contributed by atoms with E-state index in [2.05, 4.69) is 47.3 Å². The predicted molar refractivity (Wildman–Crippen MR) is 126 cm³/mol. The van der Waals surface area contributed by atoms with Crippen LogP contribution in [0, 0.1) is 0 Å². The average Bonchev–Trinajstić information content (AvgIpc) is 2.64. The molecule has 3 aliphatic rings. The van der Waals surface area contributed by atoms with Gasteiger partial charge in [-0.1, -0.05) is 36.5 Å². The highest BCUT2D eigenvalue weighted by molar-refractivity contribution is 8.05. The Kier molecular flexibility index (Phi) is 8.62. The number of allylic oxidation sites excluding steroid dienone is 4. The lowest BCUT2D eigenvalue weighted by Crippen LogP contribution is -2.27. The molecule has 0 radical (unpaired) electrons. The van der Waals surface area contributed by atoms with Gasteiger partial charge in [0.2, 0.25) is 0 Å². The Labute approximate surface area is 174 Å². The van der Waals surface area contributed by atoms with Gasteiger partial charge in [-0.25, -0.2) is 0 Å². The Morgan fingerprint density at radius 2 is 1.15 bits per heavy atom. The van der Waals surface area contributed by atoms with E-state index in [1.54, 1.807) is 0 Å². The second kappa shape index (κ2) is 10.9. The largest absolute Gasteiger partial charge is 0.320 e. The molecule has 4 bridgehead atoms. The first-order chi connectivity index (χ1) is 12.8. The molecular weight excluding hydrogens is 397 g/mol. The first-order valence-electron chi connectivity index (χ1n) is 8.80. The van der Waals surface area contributed by atoms with Crippen molar-refractivity contribution in [3.8, 4) is 0 Å². The van der Waals surface area contributed by atoms with E-state index in [4.69, 9.17) is 11.5 Å². The molecule has 0 saturated heterocycles. The van der Waals surface area contributed by atoms with Crippen LogP contribution >= 0.6 is 47.0 Å². The molecule has 1 aliphatic heterocycles. The second-order valence-corrected chi connectivity index (χ2v) is 10.4. The molecule has 0 amide bonds. The van der Waals surface area contributed by atoms with Gasteiger partial charge < -0.3 is 11.5 Å². The van der Waals surface area contributed by atoms with Gasteiger partial charge in [0.05, 0.1) is 12.1 Å². The third kappa shape index (κ3) is 5.88. The number of thioether (sulfide) groups is 4. The summed E-state index contributed by atoms with van der Waals surface area (Å²) in [6.45, 7) is 0. The fraction of sp³-hybridized carbons (Fsp3) is 0.400. The van der Waals surface area contributed by atoms with Crippen molar-refractivity contribution in [1.29, 1.82) is 0 Å². The van der Waals surface area contributed by atoms with E-state index in [9.17, 15) is 0 Å². The minimum absolute atomic E-state index is 0.0500. The summed E-state index contributed by atoms with van der Waals surface area (Å²) in [5.41, 5.74) is 18.0. The molecule has 4 N–H and O–H groups in total. The van der Waals surface area contributed by atoms with E-state index >= 15 is 0 Å². The molecule has 1 heterocycles. The van der Waals surface area contributed by atoms with Gasteiger partial charge in [0.1, 0.15) is 0 Å². The van der Waals surface area contributed by atoms with Crippen LogP contribution in [-0.4, -0.2) is 46.6 Å². The zero-order chi connectivity index (χ0) is 18.2. The molecule has 0 spiro atoms. The highest BCUT2D eigenvalue weighted by atomic mass is 32.2. The number of nitrogens with two attached hydrogens (primary N) is 2. The maximum Gasteiger partial charge on any atom is 0.0527 e. The van der Waals surface area contributed by atoms with Crippen molar-refractivity contribution in [1.82, 2.24) is 0 Å². The zero-order valence-electron chi connectivity index (χ0n) is 14.8. The topological polar surface area (TPSA) is 52.0 Å². The molecule has 140 valence electrons. The lowest BCUT2D eigenvalue weighted by Gasteiger charge is -2.21. The molecule has 2 nitrogen and oxygen atoms in total. The van der Waals surface area contributed by atoms with Crippen LogP contribution in [0.4, 0.5) is 0 Å². The van der Waals surface area contributed by atoms with Crippen LogP contribution in [0.3, 0.4) is 0 Å². The third-order valence-corrected chi connectivity index (χ3v) is 8.72. The third-order valence-electron chi connectivity index (χ3n) is 4.38. The molecule has 0 fully saturated rings. The van der Waals surface area contributed by atoms with Crippen LogP contribution in [0.15, 0.2) is 69.6 Å². The van der Waals surface area contributed by atoms with E-state index in [0.717, 1.165) is 34.5 Å².